The molecule has 82 valence electrons. The lowest BCUT2D eigenvalue weighted by atomic mass is 10.1. The van der Waals surface area contributed by atoms with Gasteiger partial charge in [0.15, 0.2) is 0 Å². The predicted octanol–water partition coefficient (Wildman–Crippen LogP) is 0.820. The predicted molar refractivity (Wildman–Crippen MR) is 57.9 cm³/mol. The maximum absolute atomic E-state index is 11.3. The lowest BCUT2D eigenvalue weighted by molar-refractivity contribution is -0.123. The lowest BCUT2D eigenvalue weighted by Crippen LogP contribution is -2.22. The number of benzene rings is 1. The molecule has 0 aromatic heterocycles. The van der Waals surface area contributed by atoms with E-state index in [9.17, 15) is 9.59 Å². The van der Waals surface area contributed by atoms with Gasteiger partial charge in [0.05, 0.1) is 7.11 Å². The van der Waals surface area contributed by atoms with E-state index in [4.69, 9.17) is 4.74 Å². The Balaban J connectivity index is 2.12. The third kappa shape index (κ3) is 2.11. The molecule has 0 atom stereocenters. The Labute approximate surface area is 92.9 Å². The third-order valence-corrected chi connectivity index (χ3v) is 2.39. The fraction of sp³-hybridized carbons (Fsp3) is 0.167. The van der Waals surface area contributed by atoms with Crippen molar-refractivity contribution in [2.24, 2.45) is 0 Å². The van der Waals surface area contributed by atoms with Crippen molar-refractivity contribution in [3.63, 3.8) is 0 Å². The quantitative estimate of drug-likeness (QED) is 0.762. The van der Waals surface area contributed by atoms with Crippen LogP contribution in [0.15, 0.2) is 35.9 Å². The molecule has 1 aliphatic rings. The molecule has 1 N–H and O–H groups in total. The van der Waals surface area contributed by atoms with E-state index in [2.05, 4.69) is 5.32 Å². The number of rotatable bonds is 3. The van der Waals surface area contributed by atoms with Gasteiger partial charge < -0.3 is 4.74 Å². The van der Waals surface area contributed by atoms with Crippen LogP contribution in [0.2, 0.25) is 0 Å². The molecule has 0 aliphatic carbocycles. The van der Waals surface area contributed by atoms with Crippen molar-refractivity contribution < 1.29 is 14.3 Å². The van der Waals surface area contributed by atoms with Crippen LogP contribution in [-0.4, -0.2) is 18.9 Å². The summed E-state index contributed by atoms with van der Waals surface area (Å²) in [4.78, 5) is 22.2. The molecular formula is C12H11NO3. The SMILES string of the molecule is COc1ccc(CC2=CC(=O)NC2=O)cc1. The van der Waals surface area contributed by atoms with E-state index < -0.39 is 0 Å². The molecule has 2 rings (SSSR count). The minimum atomic E-state index is -0.339. The Morgan fingerprint density at radius 3 is 2.38 bits per heavy atom. The number of carbonyl (C=O) groups is 2. The smallest absolute Gasteiger partial charge is 0.254 e. The van der Waals surface area contributed by atoms with Crippen LogP contribution in [0.3, 0.4) is 0 Å². The molecule has 0 fully saturated rings. The van der Waals surface area contributed by atoms with Gasteiger partial charge in [-0.1, -0.05) is 12.1 Å². The largest absolute Gasteiger partial charge is 0.497 e. The van der Waals surface area contributed by atoms with Crippen LogP contribution in [0, 0.1) is 0 Å². The lowest BCUT2D eigenvalue weighted by Gasteiger charge is -2.03. The summed E-state index contributed by atoms with van der Waals surface area (Å²) in [6, 6.07) is 7.39. The number of amides is 2. The topological polar surface area (TPSA) is 55.4 Å². The zero-order valence-corrected chi connectivity index (χ0v) is 8.82. The summed E-state index contributed by atoms with van der Waals surface area (Å²) in [5.41, 5.74) is 1.46. The number of carbonyl (C=O) groups excluding carboxylic acids is 2. The fourth-order valence-corrected chi connectivity index (χ4v) is 1.55. The molecule has 1 aromatic rings. The number of hydrogen-bond acceptors (Lipinski definition) is 3. The van der Waals surface area contributed by atoms with Crippen LogP contribution in [0.1, 0.15) is 5.56 Å². The molecule has 0 bridgehead atoms. The summed E-state index contributed by atoms with van der Waals surface area (Å²) in [5, 5.41) is 2.21. The van der Waals surface area contributed by atoms with Crippen molar-refractivity contribution in [1.29, 1.82) is 0 Å². The summed E-state index contributed by atoms with van der Waals surface area (Å²) in [5.74, 6) is 0.124. The normalized spacial score (nSPS) is 14.7. The van der Waals surface area contributed by atoms with Crippen LogP contribution in [0.4, 0.5) is 0 Å². The summed E-state index contributed by atoms with van der Waals surface area (Å²) in [6.45, 7) is 0. The van der Waals surface area contributed by atoms with Crippen LogP contribution < -0.4 is 10.1 Å². The van der Waals surface area contributed by atoms with E-state index in [1.54, 1.807) is 7.11 Å². The van der Waals surface area contributed by atoms with Crippen LogP contribution >= 0.6 is 0 Å². The highest BCUT2D eigenvalue weighted by Gasteiger charge is 2.20. The first kappa shape index (κ1) is 10.4. The molecule has 0 saturated carbocycles. The zero-order chi connectivity index (χ0) is 11.5. The first-order valence-corrected chi connectivity index (χ1v) is 4.88. The monoisotopic (exact) mass is 217 g/mol. The van der Waals surface area contributed by atoms with Gasteiger partial charge in [-0.3, -0.25) is 14.9 Å². The van der Waals surface area contributed by atoms with Crippen molar-refractivity contribution in [1.82, 2.24) is 5.32 Å². The highest BCUT2D eigenvalue weighted by molar-refractivity contribution is 6.16. The number of imide groups is 1. The second-order valence-corrected chi connectivity index (χ2v) is 3.51. The van der Waals surface area contributed by atoms with Crippen molar-refractivity contribution in [2.45, 2.75) is 6.42 Å². The highest BCUT2D eigenvalue weighted by atomic mass is 16.5. The van der Waals surface area contributed by atoms with Gasteiger partial charge in [-0.25, -0.2) is 0 Å². The minimum Gasteiger partial charge on any atom is -0.497 e. The summed E-state index contributed by atoms with van der Waals surface area (Å²) in [6.07, 6.45) is 1.80. The first-order valence-electron chi connectivity index (χ1n) is 4.88. The van der Waals surface area contributed by atoms with Gasteiger partial charge in [-0.05, 0) is 17.7 Å². The first-order chi connectivity index (χ1) is 7.69. The van der Waals surface area contributed by atoms with E-state index in [1.807, 2.05) is 24.3 Å². The Kier molecular flexibility index (Phi) is 2.72. The Bertz CT molecular complexity index is 460. The molecule has 16 heavy (non-hydrogen) atoms. The Morgan fingerprint density at radius 2 is 1.88 bits per heavy atom. The second kappa shape index (κ2) is 4.18. The molecule has 0 saturated heterocycles. The minimum absolute atomic E-state index is 0.305. The van der Waals surface area contributed by atoms with Crippen LogP contribution in [0.25, 0.3) is 0 Å². The number of ether oxygens (including phenoxy) is 1. The molecular weight excluding hydrogens is 206 g/mol. The number of hydrogen-bond donors (Lipinski definition) is 1. The Hall–Kier alpha value is -2.10. The molecule has 1 heterocycles. The summed E-state index contributed by atoms with van der Waals surface area (Å²) < 4.78 is 5.03. The standard InChI is InChI=1S/C12H11NO3/c1-16-10-4-2-8(3-5-10)6-9-7-11(14)13-12(9)15/h2-5,7H,6H2,1H3,(H,13,14,15). The molecule has 0 spiro atoms. The van der Waals surface area contributed by atoms with E-state index in [0.29, 0.717) is 12.0 Å². The van der Waals surface area contributed by atoms with Crippen molar-refractivity contribution in [3.8, 4) is 5.75 Å². The highest BCUT2D eigenvalue weighted by Crippen LogP contribution is 2.15. The molecule has 0 unspecified atom stereocenters. The Morgan fingerprint density at radius 1 is 1.19 bits per heavy atom. The number of nitrogens with one attached hydrogen (secondary N) is 1. The van der Waals surface area contributed by atoms with Gasteiger partial charge in [0.1, 0.15) is 5.75 Å². The van der Waals surface area contributed by atoms with E-state index in [-0.39, 0.29) is 11.8 Å². The average molecular weight is 217 g/mol. The van der Waals surface area contributed by atoms with E-state index in [1.165, 1.54) is 6.08 Å². The van der Waals surface area contributed by atoms with Crippen molar-refractivity contribution in [3.05, 3.63) is 41.5 Å². The fourth-order valence-electron chi connectivity index (χ4n) is 1.55. The van der Waals surface area contributed by atoms with Gasteiger partial charge in [0, 0.05) is 18.1 Å². The second-order valence-electron chi connectivity index (χ2n) is 3.51. The van der Waals surface area contributed by atoms with Crippen LogP contribution in [0.5, 0.6) is 5.75 Å². The molecule has 0 radical (unpaired) electrons. The van der Waals surface area contributed by atoms with Crippen LogP contribution in [-0.2, 0) is 16.0 Å². The molecule has 4 nitrogen and oxygen atoms in total. The average Bonchev–Trinajstić information content (AvgIpc) is 2.59. The van der Waals surface area contributed by atoms with Gasteiger partial charge >= 0.3 is 0 Å². The van der Waals surface area contributed by atoms with E-state index >= 15 is 0 Å². The summed E-state index contributed by atoms with van der Waals surface area (Å²) >= 11 is 0. The van der Waals surface area contributed by atoms with Gasteiger partial charge in [0.25, 0.3) is 11.8 Å². The maximum Gasteiger partial charge on any atom is 0.254 e. The molecule has 1 aliphatic heterocycles. The van der Waals surface area contributed by atoms with Gasteiger partial charge in [-0.2, -0.15) is 0 Å². The molecule has 1 aromatic carbocycles. The number of methoxy groups -OCH3 is 1. The molecule has 2 amide bonds. The van der Waals surface area contributed by atoms with Crippen molar-refractivity contribution in [2.75, 3.05) is 7.11 Å². The molecule has 4 heteroatoms. The third-order valence-electron chi connectivity index (χ3n) is 2.39. The zero-order valence-electron chi connectivity index (χ0n) is 8.82. The van der Waals surface area contributed by atoms with E-state index in [0.717, 1.165) is 11.3 Å². The summed E-state index contributed by atoms with van der Waals surface area (Å²) in [7, 11) is 1.60. The maximum atomic E-state index is 11.3. The van der Waals surface area contributed by atoms with Gasteiger partial charge in [0.2, 0.25) is 0 Å². The van der Waals surface area contributed by atoms with Crippen molar-refractivity contribution >= 4 is 11.8 Å². The van der Waals surface area contributed by atoms with Gasteiger partial charge in [-0.15, -0.1) is 0 Å².